The zero-order valence-corrected chi connectivity index (χ0v) is 15.1. The van der Waals surface area contributed by atoms with Gasteiger partial charge < -0.3 is 5.32 Å². The van der Waals surface area contributed by atoms with Gasteiger partial charge in [-0.15, -0.1) is 0 Å². The van der Waals surface area contributed by atoms with Crippen LogP contribution in [0.5, 0.6) is 0 Å². The number of amidine groups is 1. The van der Waals surface area contributed by atoms with Gasteiger partial charge in [0, 0.05) is 23.7 Å². The summed E-state index contributed by atoms with van der Waals surface area (Å²) in [7, 11) is -3.80. The van der Waals surface area contributed by atoms with Crippen molar-refractivity contribution in [2.75, 3.05) is 11.9 Å². The number of benzene rings is 2. The molecule has 1 heterocycles. The molecule has 0 atom stereocenters. The molecule has 1 aliphatic heterocycles. The lowest BCUT2D eigenvalue weighted by Crippen LogP contribution is -2.29. The highest BCUT2D eigenvalue weighted by atomic mass is 35.5. The van der Waals surface area contributed by atoms with Crippen molar-refractivity contribution >= 4 is 39.1 Å². The van der Waals surface area contributed by atoms with E-state index in [-0.39, 0.29) is 21.2 Å². The fraction of sp³-hybridized carbons (Fsp3) is 0.176. The van der Waals surface area contributed by atoms with Crippen LogP contribution in [0.1, 0.15) is 23.2 Å². The molecule has 1 aliphatic rings. The Morgan fingerprint density at radius 3 is 2.69 bits per heavy atom. The van der Waals surface area contributed by atoms with Crippen LogP contribution < -0.4 is 10.0 Å². The summed E-state index contributed by atoms with van der Waals surface area (Å²) >= 11 is 5.67. The number of carbonyl (C=O) groups is 1. The van der Waals surface area contributed by atoms with Crippen molar-refractivity contribution in [1.82, 2.24) is 4.72 Å². The zero-order chi connectivity index (χ0) is 18.7. The van der Waals surface area contributed by atoms with E-state index in [4.69, 9.17) is 11.6 Å². The maximum Gasteiger partial charge on any atom is 0.262 e. The summed E-state index contributed by atoms with van der Waals surface area (Å²) in [5, 5.41) is 2.65. The molecule has 0 unspecified atom stereocenters. The minimum absolute atomic E-state index is 0.0264. The Morgan fingerprint density at radius 2 is 2.00 bits per heavy atom. The molecular formula is C17H15ClFN3O3S. The smallest absolute Gasteiger partial charge is 0.262 e. The lowest BCUT2D eigenvalue weighted by molar-refractivity contribution is 0.102. The summed E-state index contributed by atoms with van der Waals surface area (Å²) in [6.07, 6.45) is 1.38. The topological polar surface area (TPSA) is 87.6 Å². The SMILES string of the molecule is O=C(Nc1cccc(S(=O)(=O)NC2=NCCC2)c1)c1ccc(Cl)cc1F. The second-order valence-corrected chi connectivity index (χ2v) is 7.76. The average Bonchev–Trinajstić information content (AvgIpc) is 3.07. The molecule has 1 amide bonds. The van der Waals surface area contributed by atoms with Crippen LogP contribution in [0.15, 0.2) is 52.4 Å². The Hall–Kier alpha value is -2.45. The molecule has 9 heteroatoms. The predicted molar refractivity (Wildman–Crippen MR) is 97.7 cm³/mol. The number of anilines is 1. The Morgan fingerprint density at radius 1 is 1.19 bits per heavy atom. The molecule has 2 N–H and O–H groups in total. The molecule has 0 spiro atoms. The van der Waals surface area contributed by atoms with E-state index in [0.29, 0.717) is 18.8 Å². The van der Waals surface area contributed by atoms with Crippen molar-refractivity contribution in [3.8, 4) is 0 Å². The first-order chi connectivity index (χ1) is 12.3. The Labute approximate surface area is 155 Å². The van der Waals surface area contributed by atoms with Gasteiger partial charge in [0.1, 0.15) is 11.7 Å². The van der Waals surface area contributed by atoms with Gasteiger partial charge in [-0.3, -0.25) is 14.5 Å². The summed E-state index contributed by atoms with van der Waals surface area (Å²) < 4.78 is 41.1. The molecule has 6 nitrogen and oxygen atoms in total. The van der Waals surface area contributed by atoms with Crippen molar-refractivity contribution in [2.45, 2.75) is 17.7 Å². The van der Waals surface area contributed by atoms with E-state index in [1.165, 1.54) is 36.4 Å². The minimum Gasteiger partial charge on any atom is -0.322 e. The average molecular weight is 396 g/mol. The predicted octanol–water partition coefficient (Wildman–Crippen LogP) is 3.20. The van der Waals surface area contributed by atoms with Gasteiger partial charge in [0.2, 0.25) is 0 Å². The molecule has 0 saturated heterocycles. The van der Waals surface area contributed by atoms with E-state index in [0.717, 1.165) is 12.5 Å². The van der Waals surface area contributed by atoms with E-state index in [2.05, 4.69) is 15.0 Å². The van der Waals surface area contributed by atoms with Crippen LogP contribution in [0.4, 0.5) is 10.1 Å². The highest BCUT2D eigenvalue weighted by Gasteiger charge is 2.19. The molecule has 26 heavy (non-hydrogen) atoms. The Kier molecular flexibility index (Phi) is 5.24. The number of carbonyl (C=O) groups excluding carboxylic acids is 1. The molecule has 0 saturated carbocycles. The molecule has 2 aromatic carbocycles. The third kappa shape index (κ3) is 4.20. The van der Waals surface area contributed by atoms with Crippen molar-refractivity contribution in [1.29, 1.82) is 0 Å². The molecule has 136 valence electrons. The van der Waals surface area contributed by atoms with Gasteiger partial charge in [-0.1, -0.05) is 17.7 Å². The first kappa shape index (κ1) is 18.3. The van der Waals surface area contributed by atoms with Crippen LogP contribution in [0, 0.1) is 5.82 Å². The second-order valence-electron chi connectivity index (χ2n) is 5.64. The molecule has 2 aromatic rings. The normalized spacial score (nSPS) is 14.0. The van der Waals surface area contributed by atoms with Gasteiger partial charge in [-0.25, -0.2) is 12.8 Å². The standard InChI is InChI=1S/C17H15ClFN3O3S/c18-11-6-7-14(15(19)9-11)17(23)21-12-3-1-4-13(10-12)26(24,25)22-16-5-2-8-20-16/h1,3-4,6-7,9-10H,2,5,8H2,(H,20,22)(H,21,23). The fourth-order valence-corrected chi connectivity index (χ4v) is 3.74. The summed E-state index contributed by atoms with van der Waals surface area (Å²) in [4.78, 5) is 16.3. The Bertz CT molecular complexity index is 992. The molecule has 0 bridgehead atoms. The molecule has 0 aliphatic carbocycles. The lowest BCUT2D eigenvalue weighted by atomic mass is 10.2. The minimum atomic E-state index is -3.80. The van der Waals surface area contributed by atoms with Crippen LogP contribution in [0.2, 0.25) is 5.02 Å². The van der Waals surface area contributed by atoms with Gasteiger partial charge in [-0.2, -0.15) is 0 Å². The summed E-state index contributed by atoms with van der Waals surface area (Å²) in [6.45, 7) is 0.598. The second kappa shape index (κ2) is 7.43. The number of hydrogen-bond donors (Lipinski definition) is 2. The largest absolute Gasteiger partial charge is 0.322 e. The van der Waals surface area contributed by atoms with Crippen LogP contribution in [0.3, 0.4) is 0 Å². The summed E-state index contributed by atoms with van der Waals surface area (Å²) in [5.74, 6) is -1.05. The number of aliphatic imine (C=N–C) groups is 1. The summed E-state index contributed by atoms with van der Waals surface area (Å²) in [6, 6.07) is 9.38. The van der Waals surface area contributed by atoms with Crippen molar-refractivity contribution in [3.05, 3.63) is 58.9 Å². The van der Waals surface area contributed by atoms with Crippen molar-refractivity contribution < 1.29 is 17.6 Å². The molecule has 0 aromatic heterocycles. The van der Waals surface area contributed by atoms with Crippen molar-refractivity contribution in [3.63, 3.8) is 0 Å². The third-order valence-corrected chi connectivity index (χ3v) is 5.32. The van der Waals surface area contributed by atoms with E-state index >= 15 is 0 Å². The maximum atomic E-state index is 13.8. The quantitative estimate of drug-likeness (QED) is 0.833. The van der Waals surface area contributed by atoms with Crippen LogP contribution in [0.25, 0.3) is 0 Å². The molecular weight excluding hydrogens is 381 g/mol. The first-order valence-corrected chi connectivity index (χ1v) is 9.64. The van der Waals surface area contributed by atoms with Gasteiger partial charge in [0.25, 0.3) is 15.9 Å². The zero-order valence-electron chi connectivity index (χ0n) is 13.5. The van der Waals surface area contributed by atoms with Gasteiger partial charge in [0.05, 0.1) is 10.5 Å². The highest BCUT2D eigenvalue weighted by molar-refractivity contribution is 7.90. The van der Waals surface area contributed by atoms with Crippen molar-refractivity contribution in [2.24, 2.45) is 4.99 Å². The Balaban J connectivity index is 1.79. The number of amides is 1. The van der Waals surface area contributed by atoms with Crippen LogP contribution in [-0.4, -0.2) is 26.7 Å². The number of halogens is 2. The van der Waals surface area contributed by atoms with E-state index in [1.54, 1.807) is 0 Å². The van der Waals surface area contributed by atoms with Crippen LogP contribution in [-0.2, 0) is 10.0 Å². The number of sulfonamides is 1. The van der Waals surface area contributed by atoms with Gasteiger partial charge in [-0.05, 0) is 42.8 Å². The number of nitrogens with zero attached hydrogens (tertiary/aromatic N) is 1. The first-order valence-electron chi connectivity index (χ1n) is 7.78. The molecule has 3 rings (SSSR count). The van der Waals surface area contributed by atoms with Crippen LogP contribution >= 0.6 is 11.6 Å². The highest BCUT2D eigenvalue weighted by Crippen LogP contribution is 2.19. The van der Waals surface area contributed by atoms with E-state index in [1.807, 2.05) is 0 Å². The lowest BCUT2D eigenvalue weighted by Gasteiger charge is -2.10. The fourth-order valence-electron chi connectivity index (χ4n) is 2.45. The van der Waals surface area contributed by atoms with Gasteiger partial charge in [0.15, 0.2) is 0 Å². The molecule has 0 fully saturated rings. The third-order valence-electron chi connectivity index (χ3n) is 3.70. The number of hydrogen-bond acceptors (Lipinski definition) is 4. The summed E-state index contributed by atoms with van der Waals surface area (Å²) in [5.41, 5.74) is 0.0293. The number of nitrogens with one attached hydrogen (secondary N) is 2. The molecule has 0 radical (unpaired) electrons. The number of rotatable bonds is 4. The van der Waals surface area contributed by atoms with E-state index < -0.39 is 21.7 Å². The van der Waals surface area contributed by atoms with Gasteiger partial charge >= 0.3 is 0 Å². The monoisotopic (exact) mass is 395 g/mol. The maximum absolute atomic E-state index is 13.8. The van der Waals surface area contributed by atoms with E-state index in [9.17, 15) is 17.6 Å².